The molecule has 100 valence electrons. The van der Waals surface area contributed by atoms with Crippen LogP contribution < -0.4 is 5.32 Å². The van der Waals surface area contributed by atoms with Crippen molar-refractivity contribution in [2.75, 3.05) is 6.54 Å². The molecule has 1 heterocycles. The van der Waals surface area contributed by atoms with Gasteiger partial charge in [-0.15, -0.1) is 0 Å². The number of aliphatic hydroxyl groups excluding tert-OH is 1. The van der Waals surface area contributed by atoms with Crippen LogP contribution in [0.5, 0.6) is 0 Å². The lowest BCUT2D eigenvalue weighted by Gasteiger charge is -2.15. The lowest BCUT2D eigenvalue weighted by atomic mass is 10.1. The molecule has 2 rings (SSSR count). The molecule has 0 radical (unpaired) electrons. The van der Waals surface area contributed by atoms with E-state index < -0.39 is 6.10 Å². The van der Waals surface area contributed by atoms with Gasteiger partial charge in [0.15, 0.2) is 0 Å². The molecule has 3 nitrogen and oxygen atoms in total. The fourth-order valence-electron chi connectivity index (χ4n) is 2.29. The molecule has 1 unspecified atom stereocenters. The maximum Gasteiger partial charge on any atom is 0.0944 e. The third-order valence-electron chi connectivity index (χ3n) is 3.49. The zero-order valence-corrected chi connectivity index (χ0v) is 12.0. The first-order chi connectivity index (χ1) is 8.50. The number of halogens is 2. The number of hydrogen-bond donors (Lipinski definition) is 2. The van der Waals surface area contributed by atoms with Gasteiger partial charge in [0.2, 0.25) is 0 Å². The average Bonchev–Trinajstić information content (AvgIpc) is 3.05. The van der Waals surface area contributed by atoms with Gasteiger partial charge >= 0.3 is 0 Å². The summed E-state index contributed by atoms with van der Waals surface area (Å²) in [6.07, 6.45) is 3.49. The molecule has 5 heteroatoms. The zero-order valence-electron chi connectivity index (χ0n) is 10.5. The Kier molecular flexibility index (Phi) is 4.49. The van der Waals surface area contributed by atoms with E-state index in [9.17, 15) is 5.11 Å². The summed E-state index contributed by atoms with van der Waals surface area (Å²) in [6, 6.07) is 0.513. The second-order valence-electron chi connectivity index (χ2n) is 5.19. The topological polar surface area (TPSA) is 45.1 Å². The molecule has 0 bridgehead atoms. The maximum atomic E-state index is 10.1. The Labute approximate surface area is 118 Å². The standard InChI is InChI=1S/C13H18Cl2N2O/c1-7(2)8-3-11(8)17-6-12(18)13-9(14)4-16-5-10(13)15/h4-5,7-8,11-12,17-18H,3,6H2,1-2H3/t8-,11+,12?/m1/s1. The van der Waals surface area contributed by atoms with Gasteiger partial charge in [-0.1, -0.05) is 37.0 Å². The second-order valence-corrected chi connectivity index (χ2v) is 6.01. The van der Waals surface area contributed by atoms with Crippen molar-refractivity contribution in [3.8, 4) is 0 Å². The lowest BCUT2D eigenvalue weighted by Crippen LogP contribution is -2.25. The molecule has 2 N–H and O–H groups in total. The summed E-state index contributed by atoms with van der Waals surface area (Å²) in [7, 11) is 0. The molecule has 1 aromatic heterocycles. The van der Waals surface area contributed by atoms with Crippen LogP contribution in [0, 0.1) is 11.8 Å². The third-order valence-corrected chi connectivity index (χ3v) is 4.10. The highest BCUT2D eigenvalue weighted by Crippen LogP contribution is 2.37. The van der Waals surface area contributed by atoms with Gasteiger partial charge in [0, 0.05) is 30.5 Å². The fraction of sp³-hybridized carbons (Fsp3) is 0.615. The molecule has 18 heavy (non-hydrogen) atoms. The van der Waals surface area contributed by atoms with E-state index in [-0.39, 0.29) is 0 Å². The van der Waals surface area contributed by atoms with Gasteiger partial charge in [-0.05, 0) is 18.3 Å². The number of pyridine rings is 1. The Hall–Kier alpha value is -0.350. The number of aliphatic hydroxyl groups is 1. The summed E-state index contributed by atoms with van der Waals surface area (Å²) in [5.41, 5.74) is 0.558. The minimum Gasteiger partial charge on any atom is -0.387 e. The average molecular weight is 289 g/mol. The number of aromatic nitrogens is 1. The Morgan fingerprint density at radius 1 is 1.39 bits per heavy atom. The zero-order chi connectivity index (χ0) is 13.3. The first kappa shape index (κ1) is 14.1. The first-order valence-electron chi connectivity index (χ1n) is 6.21. The summed E-state index contributed by atoms with van der Waals surface area (Å²) in [6.45, 7) is 4.91. The molecule has 1 aromatic rings. The predicted molar refractivity (Wildman–Crippen MR) is 74.0 cm³/mol. The van der Waals surface area contributed by atoms with Gasteiger partial charge in [0.05, 0.1) is 16.1 Å². The Bertz CT molecular complexity index is 405. The van der Waals surface area contributed by atoms with E-state index in [1.165, 1.54) is 18.8 Å². The van der Waals surface area contributed by atoms with E-state index in [0.29, 0.717) is 34.1 Å². The largest absolute Gasteiger partial charge is 0.387 e. The quantitative estimate of drug-likeness (QED) is 0.875. The van der Waals surface area contributed by atoms with E-state index in [1.54, 1.807) is 0 Å². The molecule has 1 saturated carbocycles. The van der Waals surface area contributed by atoms with Crippen LogP contribution in [0.15, 0.2) is 12.4 Å². The highest BCUT2D eigenvalue weighted by Gasteiger charge is 2.39. The summed E-state index contributed by atoms with van der Waals surface area (Å²) >= 11 is 12.0. The number of hydrogen-bond acceptors (Lipinski definition) is 3. The van der Waals surface area contributed by atoms with Gasteiger partial charge in [0.25, 0.3) is 0 Å². The fourth-order valence-corrected chi connectivity index (χ4v) is 2.91. The molecular formula is C13H18Cl2N2O. The molecule has 0 saturated heterocycles. The molecule has 1 aliphatic rings. The van der Waals surface area contributed by atoms with Crippen molar-refractivity contribution in [2.45, 2.75) is 32.4 Å². The second kappa shape index (κ2) is 5.74. The van der Waals surface area contributed by atoms with E-state index in [4.69, 9.17) is 23.2 Å². The number of nitrogens with zero attached hydrogens (tertiary/aromatic N) is 1. The van der Waals surface area contributed by atoms with Crippen LogP contribution in [-0.2, 0) is 0 Å². The molecule has 0 spiro atoms. The number of rotatable bonds is 5. The van der Waals surface area contributed by atoms with Crippen LogP contribution in [0.1, 0.15) is 31.9 Å². The van der Waals surface area contributed by atoms with Gasteiger partial charge in [-0.25, -0.2) is 0 Å². The van der Waals surface area contributed by atoms with Crippen LogP contribution in [-0.4, -0.2) is 22.7 Å². The van der Waals surface area contributed by atoms with Crippen molar-refractivity contribution in [2.24, 2.45) is 11.8 Å². The predicted octanol–water partition coefficient (Wildman–Crippen LogP) is 3.06. The van der Waals surface area contributed by atoms with Gasteiger partial charge in [-0.3, -0.25) is 4.98 Å². The van der Waals surface area contributed by atoms with Crippen molar-refractivity contribution in [3.63, 3.8) is 0 Å². The minimum absolute atomic E-state index is 0.410. The minimum atomic E-state index is -0.693. The van der Waals surface area contributed by atoms with Crippen LogP contribution >= 0.6 is 23.2 Å². The molecule has 1 aliphatic carbocycles. The molecule has 0 amide bonds. The van der Waals surface area contributed by atoms with Crippen molar-refractivity contribution in [1.29, 1.82) is 0 Å². The Morgan fingerprint density at radius 2 is 2.00 bits per heavy atom. The molecule has 0 aromatic carbocycles. The normalized spacial score (nSPS) is 24.3. The monoisotopic (exact) mass is 288 g/mol. The summed E-state index contributed by atoms with van der Waals surface area (Å²) < 4.78 is 0. The summed E-state index contributed by atoms with van der Waals surface area (Å²) in [5.74, 6) is 1.41. The number of nitrogens with one attached hydrogen (secondary N) is 1. The van der Waals surface area contributed by atoms with E-state index >= 15 is 0 Å². The van der Waals surface area contributed by atoms with Gasteiger partial charge < -0.3 is 10.4 Å². The highest BCUT2D eigenvalue weighted by atomic mass is 35.5. The highest BCUT2D eigenvalue weighted by molar-refractivity contribution is 6.35. The SMILES string of the molecule is CC(C)[C@H]1C[C@@H]1NCC(O)c1c(Cl)cncc1Cl. The van der Waals surface area contributed by atoms with Gasteiger partial charge in [-0.2, -0.15) is 0 Å². The first-order valence-corrected chi connectivity index (χ1v) is 6.96. The van der Waals surface area contributed by atoms with Crippen molar-refractivity contribution < 1.29 is 5.11 Å². The molecule has 0 aliphatic heterocycles. The maximum absolute atomic E-state index is 10.1. The van der Waals surface area contributed by atoms with Crippen LogP contribution in [0.4, 0.5) is 0 Å². The Morgan fingerprint density at radius 3 is 2.50 bits per heavy atom. The van der Waals surface area contributed by atoms with E-state index in [1.807, 2.05) is 0 Å². The van der Waals surface area contributed by atoms with Gasteiger partial charge in [0.1, 0.15) is 0 Å². The molecular weight excluding hydrogens is 271 g/mol. The molecule has 3 atom stereocenters. The van der Waals surface area contributed by atoms with E-state index in [0.717, 1.165) is 5.92 Å². The smallest absolute Gasteiger partial charge is 0.0944 e. The van der Waals surface area contributed by atoms with Crippen LogP contribution in [0.3, 0.4) is 0 Å². The van der Waals surface area contributed by atoms with Crippen LogP contribution in [0.2, 0.25) is 10.0 Å². The van der Waals surface area contributed by atoms with Crippen molar-refractivity contribution >= 4 is 23.2 Å². The lowest BCUT2D eigenvalue weighted by molar-refractivity contribution is 0.173. The summed E-state index contributed by atoms with van der Waals surface area (Å²) in [4.78, 5) is 3.87. The Balaban J connectivity index is 1.91. The van der Waals surface area contributed by atoms with Crippen LogP contribution in [0.25, 0.3) is 0 Å². The summed E-state index contributed by atoms with van der Waals surface area (Å²) in [5, 5.41) is 14.3. The molecule has 1 fully saturated rings. The third kappa shape index (κ3) is 3.15. The van der Waals surface area contributed by atoms with Crippen molar-refractivity contribution in [3.05, 3.63) is 28.0 Å². The van der Waals surface area contributed by atoms with E-state index in [2.05, 4.69) is 24.1 Å². The van der Waals surface area contributed by atoms with Crippen molar-refractivity contribution in [1.82, 2.24) is 10.3 Å².